The van der Waals surface area contributed by atoms with Crippen LogP contribution < -0.4 is 0 Å². The Morgan fingerprint density at radius 1 is 1.25 bits per heavy atom. The minimum Gasteiger partial charge on any atom is -0.387 e. The summed E-state index contributed by atoms with van der Waals surface area (Å²) < 4.78 is 0. The molecule has 0 saturated heterocycles. The fourth-order valence-corrected chi connectivity index (χ4v) is 1.76. The third-order valence-corrected chi connectivity index (χ3v) is 2.68. The molecular weight excluding hydrogens is 202 g/mol. The van der Waals surface area contributed by atoms with Crippen LogP contribution in [0.15, 0.2) is 36.7 Å². The van der Waals surface area contributed by atoms with Gasteiger partial charge in [0.1, 0.15) is 6.10 Å². The van der Waals surface area contributed by atoms with E-state index in [0.29, 0.717) is 5.56 Å². The molecule has 0 fully saturated rings. The standard InChI is InChI=1S/C13H15NO2/c1-13(2,16)12(15)10-5-3-4-9-6-7-14-8-11(9)10/h3-8,12,15-16H,1-2H3. The van der Waals surface area contributed by atoms with Gasteiger partial charge in [0.15, 0.2) is 0 Å². The number of aliphatic hydroxyl groups is 2. The maximum Gasteiger partial charge on any atom is 0.108 e. The van der Waals surface area contributed by atoms with Crippen LogP contribution in [0.5, 0.6) is 0 Å². The van der Waals surface area contributed by atoms with Gasteiger partial charge in [0.05, 0.1) is 5.60 Å². The van der Waals surface area contributed by atoms with E-state index in [4.69, 9.17) is 0 Å². The van der Waals surface area contributed by atoms with Crippen molar-refractivity contribution in [1.29, 1.82) is 0 Å². The lowest BCUT2D eigenvalue weighted by molar-refractivity contribution is -0.0489. The monoisotopic (exact) mass is 217 g/mol. The molecule has 1 aromatic heterocycles. The Hall–Kier alpha value is -1.45. The lowest BCUT2D eigenvalue weighted by atomic mass is 9.92. The van der Waals surface area contributed by atoms with E-state index in [-0.39, 0.29) is 0 Å². The van der Waals surface area contributed by atoms with Gasteiger partial charge in [-0.3, -0.25) is 4.98 Å². The molecule has 3 nitrogen and oxygen atoms in total. The Labute approximate surface area is 94.4 Å². The highest BCUT2D eigenvalue weighted by atomic mass is 16.3. The Balaban J connectivity index is 2.61. The first kappa shape index (κ1) is 11.0. The Kier molecular flexibility index (Phi) is 2.66. The van der Waals surface area contributed by atoms with Crippen molar-refractivity contribution < 1.29 is 10.2 Å². The summed E-state index contributed by atoms with van der Waals surface area (Å²) in [6.07, 6.45) is 2.50. The summed E-state index contributed by atoms with van der Waals surface area (Å²) in [6, 6.07) is 7.52. The number of aliphatic hydroxyl groups excluding tert-OH is 1. The maximum atomic E-state index is 10.1. The molecule has 0 amide bonds. The molecular formula is C13H15NO2. The van der Waals surface area contributed by atoms with E-state index in [9.17, 15) is 10.2 Å². The SMILES string of the molecule is CC(C)(O)C(O)c1cccc2ccncc12. The Morgan fingerprint density at radius 3 is 2.69 bits per heavy atom. The molecule has 16 heavy (non-hydrogen) atoms. The topological polar surface area (TPSA) is 53.4 Å². The fraction of sp³-hybridized carbons (Fsp3) is 0.308. The van der Waals surface area contributed by atoms with Crippen molar-refractivity contribution in [1.82, 2.24) is 4.98 Å². The number of rotatable bonds is 2. The quantitative estimate of drug-likeness (QED) is 0.809. The average Bonchev–Trinajstić information content (AvgIpc) is 2.26. The maximum absolute atomic E-state index is 10.1. The van der Waals surface area contributed by atoms with E-state index >= 15 is 0 Å². The normalized spacial score (nSPS) is 14.0. The van der Waals surface area contributed by atoms with Gasteiger partial charge in [-0.1, -0.05) is 18.2 Å². The van der Waals surface area contributed by atoms with Gasteiger partial charge in [-0.25, -0.2) is 0 Å². The van der Waals surface area contributed by atoms with Crippen LogP contribution in [0.2, 0.25) is 0 Å². The number of hydrogen-bond donors (Lipinski definition) is 2. The van der Waals surface area contributed by atoms with Crippen LogP contribution in [0.3, 0.4) is 0 Å². The van der Waals surface area contributed by atoms with Crippen molar-refractivity contribution in [2.24, 2.45) is 0 Å². The minimum atomic E-state index is -1.16. The summed E-state index contributed by atoms with van der Waals surface area (Å²) >= 11 is 0. The highest BCUT2D eigenvalue weighted by Gasteiger charge is 2.27. The van der Waals surface area contributed by atoms with Gasteiger partial charge in [0.2, 0.25) is 0 Å². The van der Waals surface area contributed by atoms with Crippen molar-refractivity contribution in [2.45, 2.75) is 25.6 Å². The molecule has 1 aromatic carbocycles. The van der Waals surface area contributed by atoms with Crippen LogP contribution in [0.25, 0.3) is 10.8 Å². The number of fused-ring (bicyclic) bond motifs is 1. The number of hydrogen-bond acceptors (Lipinski definition) is 3. The van der Waals surface area contributed by atoms with E-state index in [1.807, 2.05) is 24.3 Å². The lowest BCUT2D eigenvalue weighted by Crippen LogP contribution is -2.28. The number of benzene rings is 1. The predicted molar refractivity (Wildman–Crippen MR) is 63.0 cm³/mol. The molecule has 1 atom stereocenters. The first-order chi connectivity index (χ1) is 7.50. The molecule has 0 spiro atoms. The van der Waals surface area contributed by atoms with Crippen LogP contribution in [-0.4, -0.2) is 20.8 Å². The van der Waals surface area contributed by atoms with Crippen molar-refractivity contribution in [3.8, 4) is 0 Å². The zero-order valence-corrected chi connectivity index (χ0v) is 9.38. The van der Waals surface area contributed by atoms with Gasteiger partial charge in [-0.05, 0) is 30.9 Å². The molecule has 0 saturated carbocycles. The van der Waals surface area contributed by atoms with E-state index in [0.717, 1.165) is 10.8 Å². The summed E-state index contributed by atoms with van der Waals surface area (Å²) in [7, 11) is 0. The van der Waals surface area contributed by atoms with Crippen LogP contribution in [-0.2, 0) is 0 Å². The molecule has 0 radical (unpaired) electrons. The lowest BCUT2D eigenvalue weighted by Gasteiger charge is -2.25. The summed E-state index contributed by atoms with van der Waals surface area (Å²) in [5, 5.41) is 21.8. The number of nitrogens with zero attached hydrogens (tertiary/aromatic N) is 1. The second-order valence-corrected chi connectivity index (χ2v) is 4.50. The van der Waals surface area contributed by atoms with Gasteiger partial charge in [0, 0.05) is 17.8 Å². The third kappa shape index (κ3) is 1.92. The van der Waals surface area contributed by atoms with E-state index < -0.39 is 11.7 Å². The predicted octanol–water partition coefficient (Wildman–Crippen LogP) is 2.04. The zero-order chi connectivity index (χ0) is 11.8. The molecule has 2 aromatic rings. The molecule has 3 heteroatoms. The molecule has 0 aliphatic carbocycles. The Morgan fingerprint density at radius 2 is 2.00 bits per heavy atom. The van der Waals surface area contributed by atoms with E-state index in [1.54, 1.807) is 26.2 Å². The molecule has 0 aliphatic heterocycles. The highest BCUT2D eigenvalue weighted by Crippen LogP contribution is 2.30. The largest absolute Gasteiger partial charge is 0.387 e. The second-order valence-electron chi connectivity index (χ2n) is 4.50. The molecule has 1 heterocycles. The molecule has 2 N–H and O–H groups in total. The van der Waals surface area contributed by atoms with Gasteiger partial charge < -0.3 is 10.2 Å². The number of aromatic nitrogens is 1. The van der Waals surface area contributed by atoms with Gasteiger partial charge in [-0.15, -0.1) is 0 Å². The van der Waals surface area contributed by atoms with Gasteiger partial charge >= 0.3 is 0 Å². The van der Waals surface area contributed by atoms with Gasteiger partial charge in [0.25, 0.3) is 0 Å². The average molecular weight is 217 g/mol. The smallest absolute Gasteiger partial charge is 0.108 e. The fourth-order valence-electron chi connectivity index (χ4n) is 1.76. The van der Waals surface area contributed by atoms with Crippen LogP contribution in [0, 0.1) is 0 Å². The molecule has 1 unspecified atom stereocenters. The van der Waals surface area contributed by atoms with Crippen molar-refractivity contribution in [2.75, 3.05) is 0 Å². The molecule has 0 aliphatic rings. The van der Waals surface area contributed by atoms with E-state index in [1.165, 1.54) is 0 Å². The zero-order valence-electron chi connectivity index (χ0n) is 9.38. The minimum absolute atomic E-state index is 0.707. The number of pyridine rings is 1. The van der Waals surface area contributed by atoms with Crippen molar-refractivity contribution in [3.63, 3.8) is 0 Å². The second kappa shape index (κ2) is 3.85. The summed E-state index contributed by atoms with van der Waals surface area (Å²) in [5.41, 5.74) is -0.456. The van der Waals surface area contributed by atoms with Crippen LogP contribution in [0.4, 0.5) is 0 Å². The first-order valence-corrected chi connectivity index (χ1v) is 5.23. The summed E-state index contributed by atoms with van der Waals surface area (Å²) in [6.45, 7) is 3.18. The van der Waals surface area contributed by atoms with Crippen LogP contribution in [0.1, 0.15) is 25.5 Å². The molecule has 0 bridgehead atoms. The van der Waals surface area contributed by atoms with Crippen molar-refractivity contribution >= 4 is 10.8 Å². The summed E-state index contributed by atoms with van der Waals surface area (Å²) in [4.78, 5) is 4.05. The van der Waals surface area contributed by atoms with Gasteiger partial charge in [-0.2, -0.15) is 0 Å². The van der Waals surface area contributed by atoms with Crippen molar-refractivity contribution in [3.05, 3.63) is 42.2 Å². The third-order valence-electron chi connectivity index (χ3n) is 2.68. The summed E-state index contributed by atoms with van der Waals surface area (Å²) in [5.74, 6) is 0. The highest BCUT2D eigenvalue weighted by molar-refractivity contribution is 5.85. The first-order valence-electron chi connectivity index (χ1n) is 5.23. The Bertz CT molecular complexity index is 497. The molecule has 2 rings (SSSR count). The van der Waals surface area contributed by atoms with Crippen LogP contribution >= 0.6 is 0 Å². The van der Waals surface area contributed by atoms with E-state index in [2.05, 4.69) is 4.98 Å². The molecule has 84 valence electrons.